The minimum absolute atomic E-state index is 0.688. The van der Waals surface area contributed by atoms with Crippen LogP contribution in [0.4, 0.5) is 0 Å². The monoisotopic (exact) mass is 187 g/mol. The van der Waals surface area contributed by atoms with Crippen LogP contribution in [0.15, 0.2) is 30.6 Å². The minimum Gasteiger partial charge on any atom is -0.345 e. The molecule has 1 aromatic heterocycles. The number of para-hydroxylation sites is 1. The zero-order valence-corrected chi connectivity index (χ0v) is 7.90. The Kier molecular flexibility index (Phi) is 2.60. The number of nitrogens with zero attached hydrogens (tertiary/aromatic N) is 1. The smallest absolute Gasteiger partial charge is 0.0954 e. The zero-order chi connectivity index (χ0) is 9.80. The summed E-state index contributed by atoms with van der Waals surface area (Å²) < 4.78 is 0. The molecule has 1 aromatic carbocycles. The van der Waals surface area contributed by atoms with Crippen LogP contribution in [0.1, 0.15) is 12.0 Å². The molecule has 3 N–H and O–H groups in total. The van der Waals surface area contributed by atoms with Gasteiger partial charge in [0, 0.05) is 5.56 Å². The van der Waals surface area contributed by atoms with Gasteiger partial charge in [-0.15, -0.1) is 0 Å². The van der Waals surface area contributed by atoms with Gasteiger partial charge in [-0.25, -0.2) is 4.98 Å². The number of nitrogens with one attached hydrogen (secondary N) is 1. The lowest BCUT2D eigenvalue weighted by Gasteiger charge is -1.94. The molecule has 0 amide bonds. The van der Waals surface area contributed by atoms with E-state index < -0.39 is 0 Å². The summed E-state index contributed by atoms with van der Waals surface area (Å²) in [7, 11) is 0. The second kappa shape index (κ2) is 4.07. The van der Waals surface area contributed by atoms with Crippen molar-refractivity contribution < 1.29 is 0 Å². The van der Waals surface area contributed by atoms with Gasteiger partial charge < -0.3 is 10.7 Å². The molecule has 1 heterocycles. The first-order chi connectivity index (χ1) is 6.92. The van der Waals surface area contributed by atoms with Crippen molar-refractivity contribution in [3.8, 4) is 0 Å². The highest BCUT2D eigenvalue weighted by Gasteiger charge is 1.98. The molecular weight excluding hydrogens is 174 g/mol. The molecule has 0 atom stereocenters. The van der Waals surface area contributed by atoms with Gasteiger partial charge in [0.15, 0.2) is 0 Å². The van der Waals surface area contributed by atoms with Gasteiger partial charge in [0.2, 0.25) is 0 Å². The van der Waals surface area contributed by atoms with Crippen LogP contribution >= 0.6 is 0 Å². The number of hydrogen-bond acceptors (Lipinski definition) is 2. The van der Waals surface area contributed by atoms with Crippen molar-refractivity contribution in [3.05, 3.63) is 36.2 Å². The highest BCUT2D eigenvalue weighted by Crippen LogP contribution is 2.15. The second-order valence-corrected chi connectivity index (χ2v) is 3.13. The van der Waals surface area contributed by atoms with Crippen LogP contribution in [-0.2, 0) is 0 Å². The van der Waals surface area contributed by atoms with Gasteiger partial charge >= 0.3 is 0 Å². The van der Waals surface area contributed by atoms with Gasteiger partial charge in [-0.05, 0) is 19.0 Å². The number of hydrogen-bond donors (Lipinski definition) is 2. The molecule has 0 spiro atoms. The topological polar surface area (TPSA) is 54.7 Å². The Morgan fingerprint density at radius 1 is 1.43 bits per heavy atom. The fourth-order valence-corrected chi connectivity index (χ4v) is 1.43. The maximum Gasteiger partial charge on any atom is 0.0954 e. The summed E-state index contributed by atoms with van der Waals surface area (Å²) in [5.41, 5.74) is 8.63. The Morgan fingerprint density at radius 3 is 3.21 bits per heavy atom. The first kappa shape index (κ1) is 8.97. The van der Waals surface area contributed by atoms with Crippen LogP contribution in [0.2, 0.25) is 0 Å². The van der Waals surface area contributed by atoms with Crippen LogP contribution in [-0.4, -0.2) is 16.5 Å². The molecule has 14 heavy (non-hydrogen) atoms. The number of aromatic amines is 1. The predicted octanol–water partition coefficient (Wildman–Crippen LogP) is 1.92. The third-order valence-corrected chi connectivity index (χ3v) is 2.11. The van der Waals surface area contributed by atoms with Crippen molar-refractivity contribution in [1.29, 1.82) is 0 Å². The van der Waals surface area contributed by atoms with E-state index in [2.05, 4.69) is 28.2 Å². The largest absolute Gasteiger partial charge is 0.345 e. The first-order valence-electron chi connectivity index (χ1n) is 4.70. The van der Waals surface area contributed by atoms with Crippen LogP contribution in [0, 0.1) is 0 Å². The van der Waals surface area contributed by atoms with Crippen molar-refractivity contribution in [2.45, 2.75) is 6.42 Å². The molecular formula is C11H13N3. The van der Waals surface area contributed by atoms with Crippen molar-refractivity contribution in [1.82, 2.24) is 9.97 Å². The highest BCUT2D eigenvalue weighted by atomic mass is 14.9. The highest BCUT2D eigenvalue weighted by molar-refractivity contribution is 5.84. The molecule has 3 nitrogen and oxygen atoms in total. The van der Waals surface area contributed by atoms with Crippen LogP contribution in [0.3, 0.4) is 0 Å². The summed E-state index contributed by atoms with van der Waals surface area (Å²) >= 11 is 0. The molecule has 0 radical (unpaired) electrons. The molecule has 0 saturated heterocycles. The Balaban J connectivity index is 2.36. The molecule has 0 saturated carbocycles. The molecule has 2 rings (SSSR count). The number of fused-ring (bicyclic) bond motifs is 1. The summed E-state index contributed by atoms with van der Waals surface area (Å²) in [5, 5.41) is 0. The Morgan fingerprint density at radius 2 is 2.36 bits per heavy atom. The third kappa shape index (κ3) is 1.67. The molecule has 2 aromatic rings. The average Bonchev–Trinajstić information content (AvgIpc) is 2.67. The standard InChI is InChI=1S/C11H13N3/c12-7-2-1-4-9-5-3-6-10-11(9)14-8-13-10/h1,3-6,8H,2,7,12H2,(H,13,14). The lowest BCUT2D eigenvalue weighted by molar-refractivity contribution is 1.01. The number of rotatable bonds is 3. The van der Waals surface area contributed by atoms with Gasteiger partial charge in [-0.1, -0.05) is 24.3 Å². The summed E-state index contributed by atoms with van der Waals surface area (Å²) in [6.07, 6.45) is 6.76. The predicted molar refractivity (Wildman–Crippen MR) is 58.8 cm³/mol. The molecule has 0 aliphatic heterocycles. The van der Waals surface area contributed by atoms with Crippen LogP contribution in [0.5, 0.6) is 0 Å². The lowest BCUT2D eigenvalue weighted by Crippen LogP contribution is -1.94. The van der Waals surface area contributed by atoms with Gasteiger partial charge in [0.05, 0.1) is 17.4 Å². The third-order valence-electron chi connectivity index (χ3n) is 2.11. The maximum atomic E-state index is 5.41. The van der Waals surface area contributed by atoms with E-state index in [1.165, 1.54) is 0 Å². The summed E-state index contributed by atoms with van der Waals surface area (Å²) in [6.45, 7) is 0.688. The normalized spacial score (nSPS) is 11.5. The zero-order valence-electron chi connectivity index (χ0n) is 7.90. The minimum atomic E-state index is 0.688. The first-order valence-corrected chi connectivity index (χ1v) is 4.70. The van der Waals surface area contributed by atoms with Gasteiger partial charge in [-0.2, -0.15) is 0 Å². The lowest BCUT2D eigenvalue weighted by atomic mass is 10.1. The van der Waals surface area contributed by atoms with Crippen LogP contribution in [0.25, 0.3) is 17.1 Å². The molecule has 0 unspecified atom stereocenters. The Hall–Kier alpha value is -1.61. The van der Waals surface area contributed by atoms with Gasteiger partial charge in [-0.3, -0.25) is 0 Å². The SMILES string of the molecule is NCCC=Cc1cccc2[nH]cnc12. The molecule has 3 heteroatoms. The van der Waals surface area contributed by atoms with E-state index in [-0.39, 0.29) is 0 Å². The maximum absolute atomic E-state index is 5.41. The van der Waals surface area contributed by atoms with E-state index in [1.807, 2.05) is 12.1 Å². The van der Waals surface area contributed by atoms with Gasteiger partial charge in [0.1, 0.15) is 0 Å². The molecule has 0 fully saturated rings. The van der Waals surface area contributed by atoms with Crippen molar-refractivity contribution in [3.63, 3.8) is 0 Å². The molecule has 0 aliphatic rings. The Bertz CT molecular complexity index is 442. The van der Waals surface area contributed by atoms with E-state index in [9.17, 15) is 0 Å². The number of benzene rings is 1. The summed E-state index contributed by atoms with van der Waals surface area (Å²) in [4.78, 5) is 7.34. The van der Waals surface area contributed by atoms with E-state index in [1.54, 1.807) is 6.33 Å². The van der Waals surface area contributed by atoms with Crippen molar-refractivity contribution >= 4 is 17.1 Å². The van der Waals surface area contributed by atoms with E-state index >= 15 is 0 Å². The number of imidazole rings is 1. The second-order valence-electron chi connectivity index (χ2n) is 3.13. The van der Waals surface area contributed by atoms with E-state index in [0.29, 0.717) is 6.54 Å². The van der Waals surface area contributed by atoms with Crippen LogP contribution < -0.4 is 5.73 Å². The summed E-state index contributed by atoms with van der Waals surface area (Å²) in [5.74, 6) is 0. The van der Waals surface area contributed by atoms with E-state index in [4.69, 9.17) is 5.73 Å². The Labute approximate surface area is 82.7 Å². The van der Waals surface area contributed by atoms with E-state index in [0.717, 1.165) is 23.0 Å². The molecule has 72 valence electrons. The number of H-pyrrole nitrogens is 1. The van der Waals surface area contributed by atoms with Crippen molar-refractivity contribution in [2.75, 3.05) is 6.54 Å². The molecule has 0 bridgehead atoms. The number of aromatic nitrogens is 2. The summed E-state index contributed by atoms with van der Waals surface area (Å²) in [6, 6.07) is 6.08. The van der Waals surface area contributed by atoms with Crippen molar-refractivity contribution in [2.24, 2.45) is 5.73 Å². The fourth-order valence-electron chi connectivity index (χ4n) is 1.43. The average molecular weight is 187 g/mol. The fraction of sp³-hybridized carbons (Fsp3) is 0.182. The molecule has 0 aliphatic carbocycles. The number of nitrogens with two attached hydrogens (primary N) is 1. The quantitative estimate of drug-likeness (QED) is 0.771. The van der Waals surface area contributed by atoms with Gasteiger partial charge in [0.25, 0.3) is 0 Å².